The standard InChI is InChI=1S/C19H21N3O3/c1-24-13-11-22(19(23)17-8-5-12-25-17)15-18-20-9-10-21(18)14-16-6-3-2-4-7-16/h2-10,12H,11,13-15H2,1H3. The van der Waals surface area contributed by atoms with Crippen molar-refractivity contribution in [3.05, 3.63) is 78.3 Å². The highest BCUT2D eigenvalue weighted by molar-refractivity contribution is 5.91. The van der Waals surface area contributed by atoms with Crippen LogP contribution in [0.15, 0.2) is 65.5 Å². The fourth-order valence-corrected chi connectivity index (χ4v) is 2.60. The molecule has 0 saturated carbocycles. The minimum absolute atomic E-state index is 0.170. The fraction of sp³-hybridized carbons (Fsp3) is 0.263. The minimum atomic E-state index is -0.170. The van der Waals surface area contributed by atoms with Crippen LogP contribution >= 0.6 is 0 Å². The van der Waals surface area contributed by atoms with Crippen LogP contribution in [-0.4, -0.2) is 40.6 Å². The highest BCUT2D eigenvalue weighted by Crippen LogP contribution is 2.12. The Morgan fingerprint density at radius 3 is 2.80 bits per heavy atom. The van der Waals surface area contributed by atoms with Crippen molar-refractivity contribution in [1.82, 2.24) is 14.5 Å². The zero-order valence-electron chi connectivity index (χ0n) is 14.2. The van der Waals surface area contributed by atoms with Gasteiger partial charge in [0.05, 0.1) is 19.4 Å². The summed E-state index contributed by atoms with van der Waals surface area (Å²) in [7, 11) is 1.62. The van der Waals surface area contributed by atoms with Crippen LogP contribution in [0.1, 0.15) is 21.9 Å². The molecule has 6 nitrogen and oxygen atoms in total. The molecule has 2 heterocycles. The van der Waals surface area contributed by atoms with E-state index in [0.29, 0.717) is 32.0 Å². The van der Waals surface area contributed by atoms with Crippen molar-refractivity contribution >= 4 is 5.91 Å². The van der Waals surface area contributed by atoms with E-state index < -0.39 is 0 Å². The third-order valence-electron chi connectivity index (χ3n) is 3.91. The lowest BCUT2D eigenvalue weighted by atomic mass is 10.2. The number of aromatic nitrogens is 2. The van der Waals surface area contributed by atoms with Gasteiger partial charge >= 0.3 is 0 Å². The monoisotopic (exact) mass is 339 g/mol. The molecule has 1 aromatic carbocycles. The van der Waals surface area contributed by atoms with Crippen molar-refractivity contribution in [2.24, 2.45) is 0 Å². The Balaban J connectivity index is 1.76. The molecule has 0 saturated heterocycles. The molecule has 2 aromatic heterocycles. The van der Waals surface area contributed by atoms with Crippen LogP contribution < -0.4 is 0 Å². The second-order valence-electron chi connectivity index (χ2n) is 5.65. The molecule has 0 N–H and O–H groups in total. The van der Waals surface area contributed by atoms with Gasteiger partial charge in [0.15, 0.2) is 5.76 Å². The van der Waals surface area contributed by atoms with Crippen molar-refractivity contribution in [2.75, 3.05) is 20.3 Å². The Labute approximate surface area is 146 Å². The van der Waals surface area contributed by atoms with Crippen molar-refractivity contribution in [3.63, 3.8) is 0 Å². The van der Waals surface area contributed by atoms with Gasteiger partial charge in [0, 0.05) is 32.6 Å². The van der Waals surface area contributed by atoms with Gasteiger partial charge in [0.2, 0.25) is 0 Å². The summed E-state index contributed by atoms with van der Waals surface area (Å²) >= 11 is 0. The van der Waals surface area contributed by atoms with Crippen LogP contribution in [0, 0.1) is 0 Å². The maximum atomic E-state index is 12.6. The van der Waals surface area contributed by atoms with E-state index in [1.54, 1.807) is 30.3 Å². The lowest BCUT2D eigenvalue weighted by molar-refractivity contribution is 0.0642. The van der Waals surface area contributed by atoms with Gasteiger partial charge in [0.1, 0.15) is 5.82 Å². The number of rotatable bonds is 8. The van der Waals surface area contributed by atoms with Gasteiger partial charge in [-0.2, -0.15) is 0 Å². The molecule has 0 radical (unpaired) electrons. The Hall–Kier alpha value is -2.86. The van der Waals surface area contributed by atoms with E-state index in [9.17, 15) is 4.79 Å². The Morgan fingerprint density at radius 1 is 1.24 bits per heavy atom. The van der Waals surface area contributed by atoms with Crippen LogP contribution in [0.5, 0.6) is 0 Å². The summed E-state index contributed by atoms with van der Waals surface area (Å²) in [4.78, 5) is 18.8. The molecule has 0 aliphatic heterocycles. The highest BCUT2D eigenvalue weighted by atomic mass is 16.5. The summed E-state index contributed by atoms with van der Waals surface area (Å²) in [6.45, 7) is 2.02. The second-order valence-corrected chi connectivity index (χ2v) is 5.65. The molecule has 3 aromatic rings. The molecule has 25 heavy (non-hydrogen) atoms. The first kappa shape index (κ1) is 17.0. The predicted molar refractivity (Wildman–Crippen MR) is 93.1 cm³/mol. The molecular weight excluding hydrogens is 318 g/mol. The quantitative estimate of drug-likeness (QED) is 0.633. The second kappa shape index (κ2) is 8.30. The maximum absolute atomic E-state index is 12.6. The molecule has 0 fully saturated rings. The molecule has 6 heteroatoms. The van der Waals surface area contributed by atoms with Crippen LogP contribution in [0.4, 0.5) is 0 Å². The average molecular weight is 339 g/mol. The molecule has 0 aliphatic rings. The van der Waals surface area contributed by atoms with E-state index in [1.165, 1.54) is 11.8 Å². The first-order chi connectivity index (χ1) is 12.3. The molecule has 0 atom stereocenters. The molecule has 130 valence electrons. The topological polar surface area (TPSA) is 60.5 Å². The predicted octanol–water partition coefficient (Wildman–Crippen LogP) is 2.81. The lowest BCUT2D eigenvalue weighted by Gasteiger charge is -2.21. The number of benzene rings is 1. The largest absolute Gasteiger partial charge is 0.459 e. The van der Waals surface area contributed by atoms with E-state index in [-0.39, 0.29) is 5.91 Å². The molecule has 0 aliphatic carbocycles. The van der Waals surface area contributed by atoms with Gasteiger partial charge in [-0.1, -0.05) is 30.3 Å². The van der Waals surface area contributed by atoms with Crippen molar-refractivity contribution in [1.29, 1.82) is 0 Å². The molecule has 0 unspecified atom stereocenters. The Kier molecular flexibility index (Phi) is 5.64. The fourth-order valence-electron chi connectivity index (χ4n) is 2.60. The number of ether oxygens (including phenoxy) is 1. The number of hydrogen-bond acceptors (Lipinski definition) is 4. The smallest absolute Gasteiger partial charge is 0.290 e. The lowest BCUT2D eigenvalue weighted by Crippen LogP contribution is -2.34. The van der Waals surface area contributed by atoms with Crippen LogP contribution in [-0.2, 0) is 17.8 Å². The van der Waals surface area contributed by atoms with E-state index in [4.69, 9.17) is 9.15 Å². The SMILES string of the molecule is COCCN(Cc1nccn1Cc1ccccc1)C(=O)c1ccco1. The van der Waals surface area contributed by atoms with Crippen LogP contribution in [0.3, 0.4) is 0 Å². The minimum Gasteiger partial charge on any atom is -0.459 e. The number of carbonyl (C=O) groups is 1. The number of imidazole rings is 1. The van der Waals surface area contributed by atoms with Gasteiger partial charge in [-0.05, 0) is 17.7 Å². The average Bonchev–Trinajstić information content (AvgIpc) is 3.31. The Bertz CT molecular complexity index is 781. The number of amides is 1. The first-order valence-corrected chi connectivity index (χ1v) is 8.13. The summed E-state index contributed by atoms with van der Waals surface area (Å²) in [6.07, 6.45) is 5.18. The molecular formula is C19H21N3O3. The molecule has 0 spiro atoms. The van der Waals surface area contributed by atoms with E-state index >= 15 is 0 Å². The zero-order chi connectivity index (χ0) is 17.5. The van der Waals surface area contributed by atoms with Crippen molar-refractivity contribution in [2.45, 2.75) is 13.1 Å². The molecule has 0 bridgehead atoms. The summed E-state index contributed by atoms with van der Waals surface area (Å²) in [5.74, 6) is 0.966. The van der Waals surface area contributed by atoms with Gasteiger partial charge in [-0.25, -0.2) is 4.98 Å². The normalized spacial score (nSPS) is 10.8. The van der Waals surface area contributed by atoms with Gasteiger partial charge in [-0.15, -0.1) is 0 Å². The molecule has 3 rings (SSSR count). The number of carbonyl (C=O) groups excluding carboxylic acids is 1. The molecule has 1 amide bonds. The third-order valence-corrected chi connectivity index (χ3v) is 3.91. The highest BCUT2D eigenvalue weighted by Gasteiger charge is 2.20. The third kappa shape index (κ3) is 4.36. The zero-order valence-corrected chi connectivity index (χ0v) is 14.2. The van der Waals surface area contributed by atoms with Gasteiger partial charge in [0.25, 0.3) is 5.91 Å². The summed E-state index contributed by atoms with van der Waals surface area (Å²) in [6, 6.07) is 13.5. The Morgan fingerprint density at radius 2 is 2.08 bits per heavy atom. The number of methoxy groups -OCH3 is 1. The summed E-state index contributed by atoms with van der Waals surface area (Å²) in [5.41, 5.74) is 1.18. The summed E-state index contributed by atoms with van der Waals surface area (Å²) < 4.78 is 12.4. The van der Waals surface area contributed by atoms with Crippen LogP contribution in [0.2, 0.25) is 0 Å². The number of nitrogens with zero attached hydrogens (tertiary/aromatic N) is 3. The van der Waals surface area contributed by atoms with Gasteiger partial charge in [-0.3, -0.25) is 4.79 Å². The first-order valence-electron chi connectivity index (χ1n) is 8.13. The number of furan rings is 1. The number of hydrogen-bond donors (Lipinski definition) is 0. The van der Waals surface area contributed by atoms with Crippen molar-refractivity contribution < 1.29 is 13.9 Å². The van der Waals surface area contributed by atoms with E-state index in [0.717, 1.165) is 5.82 Å². The van der Waals surface area contributed by atoms with E-state index in [1.807, 2.05) is 29.0 Å². The van der Waals surface area contributed by atoms with Crippen molar-refractivity contribution in [3.8, 4) is 0 Å². The maximum Gasteiger partial charge on any atom is 0.290 e. The van der Waals surface area contributed by atoms with Gasteiger partial charge < -0.3 is 18.6 Å². The van der Waals surface area contributed by atoms with Crippen LogP contribution in [0.25, 0.3) is 0 Å². The summed E-state index contributed by atoms with van der Waals surface area (Å²) in [5, 5.41) is 0. The van der Waals surface area contributed by atoms with E-state index in [2.05, 4.69) is 17.1 Å².